The van der Waals surface area contributed by atoms with Gasteiger partial charge in [-0.15, -0.1) is 11.3 Å². The molecule has 5 rings (SSSR count). The summed E-state index contributed by atoms with van der Waals surface area (Å²) in [5.74, 6) is -2.11. The molecular weight excluding hydrogens is 504 g/mol. The van der Waals surface area contributed by atoms with Crippen molar-refractivity contribution in [3.05, 3.63) is 61.7 Å². The number of carbonyl (C=O) groups excluding carboxylic acids is 1. The van der Waals surface area contributed by atoms with Gasteiger partial charge in [0.2, 0.25) is 5.91 Å². The molecule has 3 aromatic heterocycles. The number of aromatic nitrogens is 4. The smallest absolute Gasteiger partial charge is 0.331 e. The van der Waals surface area contributed by atoms with E-state index in [0.29, 0.717) is 29.4 Å². The third-order valence-corrected chi connectivity index (χ3v) is 7.52. The maximum Gasteiger partial charge on any atom is 0.331 e. The lowest BCUT2D eigenvalue weighted by molar-refractivity contribution is -0.116. The van der Waals surface area contributed by atoms with Crippen LogP contribution in [-0.2, 0) is 25.4 Å². The zero-order chi connectivity index (χ0) is 26.4. The van der Waals surface area contributed by atoms with Crippen LogP contribution in [-0.4, -0.2) is 31.2 Å². The Morgan fingerprint density at radius 2 is 1.86 bits per heavy atom. The fraction of sp³-hybridized carbons (Fsp3) is 0.360. The number of nitrogens with zero attached hydrogens (tertiary/aromatic N) is 4. The molecule has 1 aliphatic rings. The highest BCUT2D eigenvalue weighted by molar-refractivity contribution is 7.14. The summed E-state index contributed by atoms with van der Waals surface area (Å²) >= 11 is 1.10. The fourth-order valence-electron chi connectivity index (χ4n) is 4.39. The molecule has 37 heavy (non-hydrogen) atoms. The predicted octanol–water partition coefficient (Wildman–Crippen LogP) is 3.57. The Balaban J connectivity index is 1.33. The molecule has 0 atom stereocenters. The standard InChI is InChI=1S/C25H25F2N5O4S/c1-13-7-19-21(23(34)31(3)25(35)30(19)2)32(13)10-20(33)29-24-28-18(12-37-24)15-8-16(26)22(17(27)9-15)36-11-14-5-4-6-14/h7-9,12,14H,4-6,10-11H2,1-3H3,(H,28,29,33). The van der Waals surface area contributed by atoms with Gasteiger partial charge in [-0.3, -0.25) is 18.7 Å². The minimum Gasteiger partial charge on any atom is -0.487 e. The number of benzene rings is 1. The van der Waals surface area contributed by atoms with Crippen LogP contribution < -0.4 is 21.3 Å². The van der Waals surface area contributed by atoms with E-state index in [1.165, 1.54) is 16.2 Å². The SMILES string of the molecule is Cc1cc2c(c(=O)n(C)c(=O)n2C)n1CC(=O)Nc1nc(-c2cc(F)c(OCC3CCC3)c(F)c2)cs1. The van der Waals surface area contributed by atoms with E-state index in [4.69, 9.17) is 4.74 Å². The number of ether oxygens (including phenoxy) is 1. The minimum atomic E-state index is -0.807. The summed E-state index contributed by atoms with van der Waals surface area (Å²) in [6, 6.07) is 4.00. The van der Waals surface area contributed by atoms with Crippen LogP contribution in [0.5, 0.6) is 5.75 Å². The van der Waals surface area contributed by atoms with Crippen LogP contribution in [0.25, 0.3) is 22.3 Å². The third kappa shape index (κ3) is 4.57. The van der Waals surface area contributed by atoms with Crippen molar-refractivity contribution in [2.45, 2.75) is 32.7 Å². The number of amides is 1. The lowest BCUT2D eigenvalue weighted by Crippen LogP contribution is -2.37. The molecule has 1 amide bonds. The number of hydrogen-bond acceptors (Lipinski definition) is 6. The van der Waals surface area contributed by atoms with E-state index in [9.17, 15) is 23.2 Å². The second kappa shape index (κ2) is 9.58. The highest BCUT2D eigenvalue weighted by atomic mass is 32.1. The molecule has 1 fully saturated rings. The molecule has 0 aliphatic heterocycles. The summed E-state index contributed by atoms with van der Waals surface area (Å²) < 4.78 is 38.4. The first-order valence-electron chi connectivity index (χ1n) is 11.8. The number of rotatable bonds is 7. The predicted molar refractivity (Wildman–Crippen MR) is 136 cm³/mol. The van der Waals surface area contributed by atoms with Crippen LogP contribution in [0.4, 0.5) is 13.9 Å². The van der Waals surface area contributed by atoms with E-state index in [1.807, 2.05) is 0 Å². The van der Waals surface area contributed by atoms with E-state index in [-0.39, 0.29) is 22.8 Å². The van der Waals surface area contributed by atoms with Crippen molar-refractivity contribution in [2.75, 3.05) is 11.9 Å². The van der Waals surface area contributed by atoms with E-state index in [1.54, 1.807) is 25.4 Å². The van der Waals surface area contributed by atoms with Crippen molar-refractivity contribution in [2.24, 2.45) is 20.0 Å². The molecule has 9 nitrogen and oxygen atoms in total. The van der Waals surface area contributed by atoms with Gasteiger partial charge < -0.3 is 14.6 Å². The van der Waals surface area contributed by atoms with Gasteiger partial charge in [0.15, 0.2) is 22.5 Å². The van der Waals surface area contributed by atoms with Crippen LogP contribution in [0.2, 0.25) is 0 Å². The van der Waals surface area contributed by atoms with Gasteiger partial charge in [-0.1, -0.05) is 6.42 Å². The van der Waals surface area contributed by atoms with Crippen molar-refractivity contribution in [3.8, 4) is 17.0 Å². The number of aryl methyl sites for hydroxylation is 2. The second-order valence-electron chi connectivity index (χ2n) is 9.27. The normalized spacial score (nSPS) is 13.6. The maximum atomic E-state index is 14.6. The maximum absolute atomic E-state index is 14.6. The first-order valence-corrected chi connectivity index (χ1v) is 12.7. The molecule has 0 spiro atoms. The first kappa shape index (κ1) is 24.9. The van der Waals surface area contributed by atoms with Crippen molar-refractivity contribution >= 4 is 33.4 Å². The average molecular weight is 530 g/mol. The van der Waals surface area contributed by atoms with Gasteiger partial charge in [-0.25, -0.2) is 18.6 Å². The summed E-state index contributed by atoms with van der Waals surface area (Å²) in [4.78, 5) is 42.0. The van der Waals surface area contributed by atoms with E-state index in [2.05, 4.69) is 10.3 Å². The van der Waals surface area contributed by atoms with Crippen LogP contribution in [0.3, 0.4) is 0 Å². The summed E-state index contributed by atoms with van der Waals surface area (Å²) in [6.07, 6.45) is 3.12. The van der Waals surface area contributed by atoms with Gasteiger partial charge >= 0.3 is 5.69 Å². The summed E-state index contributed by atoms with van der Waals surface area (Å²) in [6.45, 7) is 1.84. The second-order valence-corrected chi connectivity index (χ2v) is 10.1. The molecule has 1 aromatic carbocycles. The average Bonchev–Trinajstić information content (AvgIpc) is 3.41. The molecule has 194 valence electrons. The molecule has 0 radical (unpaired) electrons. The van der Waals surface area contributed by atoms with E-state index >= 15 is 0 Å². The van der Waals surface area contributed by atoms with Gasteiger partial charge in [0.05, 0.1) is 17.8 Å². The Labute approximate surface area is 213 Å². The zero-order valence-corrected chi connectivity index (χ0v) is 21.3. The van der Waals surface area contributed by atoms with Crippen LogP contribution in [0, 0.1) is 24.5 Å². The number of fused-ring (bicyclic) bond motifs is 1. The molecule has 0 unspecified atom stereocenters. The van der Waals surface area contributed by atoms with Crippen molar-refractivity contribution in [1.29, 1.82) is 0 Å². The lowest BCUT2D eigenvalue weighted by Gasteiger charge is -2.25. The molecule has 1 saturated carbocycles. The fourth-order valence-corrected chi connectivity index (χ4v) is 5.13. The Morgan fingerprint density at radius 3 is 2.51 bits per heavy atom. The minimum absolute atomic E-state index is 0.187. The molecule has 0 saturated heterocycles. The Bertz CT molecular complexity index is 1620. The van der Waals surface area contributed by atoms with Crippen LogP contribution in [0.1, 0.15) is 25.0 Å². The molecule has 3 heterocycles. The molecular formula is C25H25F2N5O4S. The van der Waals surface area contributed by atoms with Gasteiger partial charge in [0, 0.05) is 30.7 Å². The Hall–Kier alpha value is -3.80. The Morgan fingerprint density at radius 1 is 1.16 bits per heavy atom. The lowest BCUT2D eigenvalue weighted by atomic mass is 9.86. The monoisotopic (exact) mass is 529 g/mol. The highest BCUT2D eigenvalue weighted by Gasteiger charge is 2.22. The topological polar surface area (TPSA) is 100 Å². The van der Waals surface area contributed by atoms with Crippen LogP contribution in [0.15, 0.2) is 33.2 Å². The first-order chi connectivity index (χ1) is 17.6. The summed E-state index contributed by atoms with van der Waals surface area (Å²) in [7, 11) is 2.94. The van der Waals surface area contributed by atoms with Crippen molar-refractivity contribution in [1.82, 2.24) is 18.7 Å². The third-order valence-electron chi connectivity index (χ3n) is 6.76. The van der Waals surface area contributed by atoms with E-state index in [0.717, 1.165) is 47.3 Å². The number of nitrogens with one attached hydrogen (secondary N) is 1. The molecule has 12 heteroatoms. The number of anilines is 1. The Kier molecular flexibility index (Phi) is 6.44. The number of hydrogen-bond donors (Lipinski definition) is 1. The van der Waals surface area contributed by atoms with Crippen molar-refractivity contribution < 1.29 is 18.3 Å². The quantitative estimate of drug-likeness (QED) is 0.395. The van der Waals surface area contributed by atoms with Gasteiger partial charge in [0.1, 0.15) is 12.1 Å². The molecule has 1 N–H and O–H groups in total. The summed E-state index contributed by atoms with van der Waals surface area (Å²) in [5.41, 5.74) is 0.866. The molecule has 1 aliphatic carbocycles. The van der Waals surface area contributed by atoms with Crippen molar-refractivity contribution in [3.63, 3.8) is 0 Å². The zero-order valence-electron chi connectivity index (χ0n) is 20.5. The molecule has 0 bridgehead atoms. The largest absolute Gasteiger partial charge is 0.487 e. The highest BCUT2D eigenvalue weighted by Crippen LogP contribution is 2.33. The molecule has 4 aromatic rings. The van der Waals surface area contributed by atoms with Crippen LogP contribution >= 0.6 is 11.3 Å². The van der Waals surface area contributed by atoms with Gasteiger partial charge in [0.25, 0.3) is 5.56 Å². The summed E-state index contributed by atoms with van der Waals surface area (Å²) in [5, 5.41) is 4.49. The number of carbonyl (C=O) groups is 1. The number of halogens is 2. The van der Waals surface area contributed by atoms with E-state index < -0.39 is 34.5 Å². The van der Waals surface area contributed by atoms with Gasteiger partial charge in [-0.05, 0) is 43.9 Å². The number of thiazole rings is 1. The van der Waals surface area contributed by atoms with Gasteiger partial charge in [-0.2, -0.15) is 0 Å².